The number of aromatic carboxylic acids is 1. The zero-order valence-corrected chi connectivity index (χ0v) is 13.1. The van der Waals surface area contributed by atoms with Crippen LogP contribution in [0, 0.1) is 0 Å². The normalized spacial score (nSPS) is 12.6. The smallest absolute Gasteiger partial charge is 0.416 e. The molecule has 0 aliphatic rings. The molecule has 1 atom stereocenters. The number of hydrogen-bond acceptors (Lipinski definition) is 4. The molecule has 1 aromatic heterocycles. The van der Waals surface area contributed by atoms with E-state index in [1.54, 1.807) is 6.92 Å². The topological polar surface area (TPSA) is 97.1 Å². The quantitative estimate of drug-likeness (QED) is 0.822. The summed E-state index contributed by atoms with van der Waals surface area (Å²) in [6.45, 7) is 1.50. The molecule has 2 aromatic rings. The van der Waals surface area contributed by atoms with Crippen LogP contribution >= 0.6 is 0 Å². The molecule has 0 saturated carbocycles. The van der Waals surface area contributed by atoms with E-state index in [2.05, 4.69) is 15.6 Å². The third-order valence-corrected chi connectivity index (χ3v) is 3.29. The maximum atomic E-state index is 12.5. The second kappa shape index (κ2) is 7.32. The van der Waals surface area contributed by atoms with Crippen molar-refractivity contribution in [2.75, 3.05) is 0 Å². The summed E-state index contributed by atoms with van der Waals surface area (Å²) in [5.41, 5.74) is -0.353. The van der Waals surface area contributed by atoms with Crippen LogP contribution in [0.5, 0.6) is 0 Å². The SMILES string of the molecule is CC(Cc1ccc(C(F)(F)F)cc1)NC(=O)Cn1cc(C(=O)O)nn1. The lowest BCUT2D eigenvalue weighted by Crippen LogP contribution is -2.36. The van der Waals surface area contributed by atoms with Crippen LogP contribution in [0.4, 0.5) is 13.2 Å². The molecule has 10 heteroatoms. The fourth-order valence-electron chi connectivity index (χ4n) is 2.18. The molecule has 1 aromatic carbocycles. The number of halogens is 3. The van der Waals surface area contributed by atoms with Gasteiger partial charge in [0.1, 0.15) is 6.54 Å². The van der Waals surface area contributed by atoms with Crippen LogP contribution in [0.15, 0.2) is 30.5 Å². The van der Waals surface area contributed by atoms with Crippen molar-refractivity contribution in [1.29, 1.82) is 0 Å². The van der Waals surface area contributed by atoms with Crippen molar-refractivity contribution in [3.8, 4) is 0 Å². The Morgan fingerprint density at radius 2 is 1.92 bits per heavy atom. The maximum absolute atomic E-state index is 12.5. The molecule has 0 spiro atoms. The number of alkyl halides is 3. The number of benzene rings is 1. The molecule has 0 radical (unpaired) electrons. The number of carboxylic acid groups (broad SMARTS) is 1. The summed E-state index contributed by atoms with van der Waals surface area (Å²) in [7, 11) is 0. The predicted octanol–water partition coefficient (Wildman–Crippen LogP) is 1.74. The van der Waals surface area contributed by atoms with E-state index in [1.165, 1.54) is 12.1 Å². The number of nitrogens with zero attached hydrogens (tertiary/aromatic N) is 3. The lowest BCUT2D eigenvalue weighted by Gasteiger charge is -2.14. The molecular weight excluding hydrogens is 341 g/mol. The molecule has 1 amide bonds. The largest absolute Gasteiger partial charge is 0.476 e. The molecule has 1 unspecified atom stereocenters. The zero-order chi connectivity index (χ0) is 18.6. The van der Waals surface area contributed by atoms with Gasteiger partial charge in [0.15, 0.2) is 5.69 Å². The summed E-state index contributed by atoms with van der Waals surface area (Å²) in [6.07, 6.45) is -2.91. The minimum Gasteiger partial charge on any atom is -0.476 e. The average Bonchev–Trinajstić information content (AvgIpc) is 2.95. The van der Waals surface area contributed by atoms with Gasteiger partial charge in [0.2, 0.25) is 5.91 Å². The monoisotopic (exact) mass is 356 g/mol. The van der Waals surface area contributed by atoms with Crippen LogP contribution in [-0.2, 0) is 23.9 Å². The number of hydrogen-bond donors (Lipinski definition) is 2. The third kappa shape index (κ3) is 5.30. The molecule has 0 fully saturated rings. The molecule has 2 rings (SSSR count). The van der Waals surface area contributed by atoms with E-state index < -0.39 is 23.6 Å². The molecular formula is C15H15F3N4O3. The summed E-state index contributed by atoms with van der Waals surface area (Å²) in [4.78, 5) is 22.6. The van der Waals surface area contributed by atoms with Gasteiger partial charge in [-0.3, -0.25) is 4.79 Å². The van der Waals surface area contributed by atoms with Gasteiger partial charge in [0, 0.05) is 6.04 Å². The van der Waals surface area contributed by atoms with Crippen molar-refractivity contribution in [1.82, 2.24) is 20.3 Å². The van der Waals surface area contributed by atoms with Crippen molar-refractivity contribution in [2.24, 2.45) is 0 Å². The first-order valence-corrected chi connectivity index (χ1v) is 7.24. The lowest BCUT2D eigenvalue weighted by atomic mass is 10.0. The van der Waals surface area contributed by atoms with Gasteiger partial charge in [-0.1, -0.05) is 17.3 Å². The minimum atomic E-state index is -4.38. The van der Waals surface area contributed by atoms with Gasteiger partial charge < -0.3 is 10.4 Å². The Bertz CT molecular complexity index is 756. The Morgan fingerprint density at radius 1 is 1.28 bits per heavy atom. The van der Waals surface area contributed by atoms with Crippen molar-refractivity contribution < 1.29 is 27.9 Å². The Labute approximate surface area is 140 Å². The van der Waals surface area contributed by atoms with Crippen LogP contribution in [0.3, 0.4) is 0 Å². The van der Waals surface area contributed by atoms with Crippen molar-refractivity contribution in [3.63, 3.8) is 0 Å². The molecule has 2 N–H and O–H groups in total. The molecule has 0 bridgehead atoms. The van der Waals surface area contributed by atoms with Gasteiger partial charge >= 0.3 is 12.1 Å². The van der Waals surface area contributed by atoms with Crippen molar-refractivity contribution in [3.05, 3.63) is 47.3 Å². The van der Waals surface area contributed by atoms with Crippen molar-refractivity contribution in [2.45, 2.75) is 32.1 Å². The molecule has 25 heavy (non-hydrogen) atoms. The van der Waals surface area contributed by atoms with Crippen LogP contribution in [0.1, 0.15) is 28.5 Å². The van der Waals surface area contributed by atoms with Gasteiger partial charge in [-0.2, -0.15) is 13.2 Å². The average molecular weight is 356 g/mol. The fourth-order valence-corrected chi connectivity index (χ4v) is 2.18. The van der Waals surface area contributed by atoms with E-state index in [0.29, 0.717) is 12.0 Å². The Balaban J connectivity index is 1.87. The van der Waals surface area contributed by atoms with Gasteiger partial charge in [-0.25, -0.2) is 9.48 Å². The van der Waals surface area contributed by atoms with Crippen LogP contribution < -0.4 is 5.32 Å². The number of carboxylic acids is 1. The second-order valence-corrected chi connectivity index (χ2v) is 5.47. The number of aromatic nitrogens is 3. The third-order valence-electron chi connectivity index (χ3n) is 3.29. The molecule has 0 saturated heterocycles. The summed E-state index contributed by atoms with van der Waals surface area (Å²) in [5, 5.41) is 18.3. The highest BCUT2D eigenvalue weighted by atomic mass is 19.4. The highest BCUT2D eigenvalue weighted by Crippen LogP contribution is 2.29. The number of rotatable bonds is 6. The van der Waals surface area contributed by atoms with E-state index in [4.69, 9.17) is 5.11 Å². The van der Waals surface area contributed by atoms with Gasteiger partial charge in [0.25, 0.3) is 0 Å². The molecule has 134 valence electrons. The first kappa shape index (κ1) is 18.4. The minimum absolute atomic E-state index is 0.211. The van der Waals surface area contributed by atoms with Crippen LogP contribution in [0.25, 0.3) is 0 Å². The molecule has 0 aliphatic heterocycles. The van der Waals surface area contributed by atoms with Gasteiger partial charge in [-0.15, -0.1) is 5.10 Å². The molecule has 0 aliphatic carbocycles. The van der Waals surface area contributed by atoms with Crippen LogP contribution in [-0.4, -0.2) is 38.0 Å². The standard InChI is InChI=1S/C15H15F3N4O3/c1-9(6-10-2-4-11(5-3-10)15(16,17)18)19-13(23)8-22-7-12(14(24)25)20-21-22/h2-5,7,9H,6,8H2,1H3,(H,19,23)(H,24,25). The van der Waals surface area contributed by atoms with Crippen LogP contribution in [0.2, 0.25) is 0 Å². The number of carbonyl (C=O) groups excluding carboxylic acids is 1. The number of amides is 1. The first-order chi connectivity index (χ1) is 11.6. The number of carbonyl (C=O) groups is 2. The summed E-state index contributed by atoms with van der Waals surface area (Å²) >= 11 is 0. The second-order valence-electron chi connectivity index (χ2n) is 5.47. The predicted molar refractivity (Wildman–Crippen MR) is 79.7 cm³/mol. The van der Waals surface area contributed by atoms with E-state index in [9.17, 15) is 22.8 Å². The van der Waals surface area contributed by atoms with Gasteiger partial charge in [-0.05, 0) is 31.0 Å². The summed E-state index contributed by atoms with van der Waals surface area (Å²) in [5.74, 6) is -1.66. The zero-order valence-electron chi connectivity index (χ0n) is 13.1. The highest BCUT2D eigenvalue weighted by Gasteiger charge is 2.29. The van der Waals surface area contributed by atoms with E-state index >= 15 is 0 Å². The fraction of sp³-hybridized carbons (Fsp3) is 0.333. The Kier molecular flexibility index (Phi) is 5.40. The van der Waals surface area contributed by atoms with Crippen molar-refractivity contribution >= 4 is 11.9 Å². The summed E-state index contributed by atoms with van der Waals surface area (Å²) < 4.78 is 38.6. The molecule has 7 nitrogen and oxygen atoms in total. The first-order valence-electron chi connectivity index (χ1n) is 7.24. The van der Waals surface area contributed by atoms with E-state index in [1.807, 2.05) is 0 Å². The molecule has 1 heterocycles. The van der Waals surface area contributed by atoms with E-state index in [0.717, 1.165) is 23.0 Å². The number of nitrogens with one attached hydrogen (secondary N) is 1. The van der Waals surface area contributed by atoms with E-state index in [-0.39, 0.29) is 18.3 Å². The summed E-state index contributed by atoms with van der Waals surface area (Å²) in [6, 6.07) is 4.38. The Hall–Kier alpha value is -2.91. The highest BCUT2D eigenvalue weighted by molar-refractivity contribution is 5.84. The Morgan fingerprint density at radius 3 is 2.44 bits per heavy atom. The lowest BCUT2D eigenvalue weighted by molar-refractivity contribution is -0.137. The van der Waals surface area contributed by atoms with Gasteiger partial charge in [0.05, 0.1) is 11.8 Å². The maximum Gasteiger partial charge on any atom is 0.416 e.